The molecule has 3 rings (SSSR count). The van der Waals surface area contributed by atoms with E-state index >= 15 is 0 Å². The van der Waals surface area contributed by atoms with Gasteiger partial charge < -0.3 is 14.4 Å². The van der Waals surface area contributed by atoms with Crippen LogP contribution in [0.2, 0.25) is 0 Å². The van der Waals surface area contributed by atoms with Crippen molar-refractivity contribution in [3.8, 4) is 5.69 Å². The van der Waals surface area contributed by atoms with Crippen molar-refractivity contribution in [2.75, 3.05) is 20.2 Å². The summed E-state index contributed by atoms with van der Waals surface area (Å²) >= 11 is 0. The van der Waals surface area contributed by atoms with Crippen molar-refractivity contribution in [2.24, 2.45) is 0 Å². The standard InChI is InChI=1S/C20H25FN4O3/c1-20(2,3)28-19(26)24-11-9-14(10-12-24)18-17(13-27-4)25(23-22-18)16-8-6-5-7-15(16)21/h5-9H,10-13H2,1-4H3. The summed E-state index contributed by atoms with van der Waals surface area (Å²) in [5.41, 5.74) is 2.07. The number of carbonyl (C=O) groups excluding carboxylic acids is 1. The van der Waals surface area contributed by atoms with E-state index in [1.165, 1.54) is 10.7 Å². The van der Waals surface area contributed by atoms with Crippen molar-refractivity contribution in [2.45, 2.75) is 39.4 Å². The smallest absolute Gasteiger partial charge is 0.410 e. The van der Waals surface area contributed by atoms with E-state index in [1.54, 1.807) is 30.2 Å². The molecule has 2 heterocycles. The van der Waals surface area contributed by atoms with Gasteiger partial charge in [0.05, 0.1) is 12.3 Å². The molecule has 0 radical (unpaired) electrons. The highest BCUT2D eigenvalue weighted by Crippen LogP contribution is 2.27. The van der Waals surface area contributed by atoms with Crippen LogP contribution < -0.4 is 0 Å². The lowest BCUT2D eigenvalue weighted by atomic mass is 10.0. The van der Waals surface area contributed by atoms with Crippen LogP contribution in [0.15, 0.2) is 30.3 Å². The van der Waals surface area contributed by atoms with Crippen LogP contribution in [0.5, 0.6) is 0 Å². The zero-order valence-electron chi connectivity index (χ0n) is 16.6. The predicted octanol–water partition coefficient (Wildman–Crippen LogP) is 3.58. The number of rotatable bonds is 4. The van der Waals surface area contributed by atoms with Gasteiger partial charge in [-0.25, -0.2) is 13.9 Å². The molecule has 150 valence electrons. The predicted molar refractivity (Wildman–Crippen MR) is 102 cm³/mol. The topological polar surface area (TPSA) is 69.5 Å². The van der Waals surface area contributed by atoms with Gasteiger partial charge in [-0.3, -0.25) is 0 Å². The van der Waals surface area contributed by atoms with E-state index in [9.17, 15) is 9.18 Å². The van der Waals surface area contributed by atoms with Crippen LogP contribution in [0.1, 0.15) is 38.6 Å². The summed E-state index contributed by atoms with van der Waals surface area (Å²) < 4.78 is 26.4. The van der Waals surface area contributed by atoms with Crippen LogP contribution in [0.3, 0.4) is 0 Å². The largest absolute Gasteiger partial charge is 0.444 e. The summed E-state index contributed by atoms with van der Waals surface area (Å²) in [5.74, 6) is -0.384. The van der Waals surface area contributed by atoms with E-state index < -0.39 is 5.60 Å². The van der Waals surface area contributed by atoms with Gasteiger partial charge in [0.1, 0.15) is 22.8 Å². The van der Waals surface area contributed by atoms with Crippen LogP contribution >= 0.6 is 0 Å². The number of nitrogens with zero attached hydrogens (tertiary/aromatic N) is 4. The zero-order valence-corrected chi connectivity index (χ0v) is 16.6. The maximum Gasteiger partial charge on any atom is 0.410 e. The molecule has 1 aliphatic rings. The summed E-state index contributed by atoms with van der Waals surface area (Å²) in [6, 6.07) is 6.40. The molecule has 0 saturated heterocycles. The molecule has 0 saturated carbocycles. The van der Waals surface area contributed by atoms with Crippen LogP contribution in [0.4, 0.5) is 9.18 Å². The molecule has 0 bridgehead atoms. The highest BCUT2D eigenvalue weighted by atomic mass is 19.1. The second-order valence-electron chi connectivity index (χ2n) is 7.59. The second kappa shape index (κ2) is 8.10. The molecule has 0 aliphatic carbocycles. The number of hydrogen-bond acceptors (Lipinski definition) is 5. The quantitative estimate of drug-likeness (QED) is 0.801. The van der Waals surface area contributed by atoms with Gasteiger partial charge in [-0.05, 0) is 44.9 Å². The maximum atomic E-state index is 14.2. The third-order valence-electron chi connectivity index (χ3n) is 4.29. The van der Waals surface area contributed by atoms with E-state index in [0.717, 1.165) is 5.57 Å². The molecule has 0 spiro atoms. The molecule has 0 atom stereocenters. The average Bonchev–Trinajstić information content (AvgIpc) is 3.05. The van der Waals surface area contributed by atoms with Gasteiger partial charge in [0.25, 0.3) is 0 Å². The molecule has 8 heteroatoms. The number of halogens is 1. The Hall–Kier alpha value is -2.74. The minimum atomic E-state index is -0.533. The van der Waals surface area contributed by atoms with Gasteiger partial charge in [-0.2, -0.15) is 0 Å². The fraction of sp³-hybridized carbons (Fsp3) is 0.450. The van der Waals surface area contributed by atoms with Gasteiger partial charge >= 0.3 is 6.09 Å². The number of ether oxygens (including phenoxy) is 2. The van der Waals surface area contributed by atoms with Crippen molar-refractivity contribution >= 4 is 11.7 Å². The number of benzene rings is 1. The van der Waals surface area contributed by atoms with Gasteiger partial charge in [0, 0.05) is 20.2 Å². The summed E-state index contributed by atoms with van der Waals surface area (Å²) in [6.07, 6.45) is 2.20. The highest BCUT2D eigenvalue weighted by molar-refractivity contribution is 5.72. The highest BCUT2D eigenvalue weighted by Gasteiger charge is 2.26. The first-order valence-corrected chi connectivity index (χ1v) is 9.16. The third-order valence-corrected chi connectivity index (χ3v) is 4.29. The molecule has 28 heavy (non-hydrogen) atoms. The van der Waals surface area contributed by atoms with E-state index in [2.05, 4.69) is 10.3 Å². The van der Waals surface area contributed by atoms with Crippen LogP contribution in [0, 0.1) is 5.82 Å². The maximum absolute atomic E-state index is 14.2. The first-order chi connectivity index (χ1) is 13.3. The lowest BCUT2D eigenvalue weighted by Gasteiger charge is -2.29. The molecule has 2 aromatic rings. The van der Waals surface area contributed by atoms with Gasteiger partial charge in [-0.1, -0.05) is 23.4 Å². The van der Waals surface area contributed by atoms with Crippen LogP contribution in [-0.2, 0) is 16.1 Å². The third kappa shape index (κ3) is 4.39. The Balaban J connectivity index is 1.85. The molecule has 1 aliphatic heterocycles. The normalized spacial score (nSPS) is 14.8. The Kier molecular flexibility index (Phi) is 5.79. The van der Waals surface area contributed by atoms with E-state index in [4.69, 9.17) is 9.47 Å². The molecule has 0 N–H and O–H groups in total. The minimum absolute atomic E-state index is 0.240. The Labute approximate surface area is 163 Å². The number of methoxy groups -OCH3 is 1. The molecular formula is C20H25FN4O3. The van der Waals surface area contributed by atoms with E-state index in [-0.39, 0.29) is 18.5 Å². The molecule has 0 fully saturated rings. The first kappa shape index (κ1) is 20.0. The van der Waals surface area contributed by atoms with Crippen LogP contribution in [-0.4, -0.2) is 51.8 Å². The van der Waals surface area contributed by atoms with Crippen molar-refractivity contribution < 1.29 is 18.7 Å². The molecule has 1 aromatic heterocycles. The molecule has 1 amide bonds. The number of hydrogen-bond donors (Lipinski definition) is 0. The summed E-state index contributed by atoms with van der Waals surface area (Å²) in [4.78, 5) is 13.9. The summed E-state index contributed by atoms with van der Waals surface area (Å²) in [7, 11) is 1.57. The first-order valence-electron chi connectivity index (χ1n) is 9.16. The van der Waals surface area contributed by atoms with E-state index in [0.29, 0.717) is 36.6 Å². The van der Waals surface area contributed by atoms with Crippen LogP contribution in [0.25, 0.3) is 11.3 Å². The molecule has 0 unspecified atom stereocenters. The van der Waals surface area contributed by atoms with Crippen molar-refractivity contribution in [3.05, 3.63) is 47.5 Å². The minimum Gasteiger partial charge on any atom is -0.444 e. The van der Waals surface area contributed by atoms with Crippen molar-refractivity contribution in [3.63, 3.8) is 0 Å². The number of amides is 1. The van der Waals surface area contributed by atoms with Gasteiger partial charge in [-0.15, -0.1) is 5.10 Å². The average molecular weight is 388 g/mol. The Morgan fingerprint density at radius 3 is 2.64 bits per heavy atom. The molecule has 7 nitrogen and oxygen atoms in total. The van der Waals surface area contributed by atoms with Gasteiger partial charge in [0.2, 0.25) is 0 Å². The number of para-hydroxylation sites is 1. The Morgan fingerprint density at radius 1 is 1.29 bits per heavy atom. The number of carbonyl (C=O) groups is 1. The summed E-state index contributed by atoms with van der Waals surface area (Å²) in [5, 5.41) is 8.41. The van der Waals surface area contributed by atoms with Crippen molar-refractivity contribution in [1.82, 2.24) is 19.9 Å². The van der Waals surface area contributed by atoms with Crippen molar-refractivity contribution in [1.29, 1.82) is 0 Å². The lowest BCUT2D eigenvalue weighted by Crippen LogP contribution is -2.39. The molecular weight excluding hydrogens is 363 g/mol. The van der Waals surface area contributed by atoms with Gasteiger partial charge in [0.15, 0.2) is 0 Å². The lowest BCUT2D eigenvalue weighted by molar-refractivity contribution is 0.0270. The summed E-state index contributed by atoms with van der Waals surface area (Å²) in [6.45, 7) is 6.70. The second-order valence-corrected chi connectivity index (χ2v) is 7.59. The Bertz CT molecular complexity index is 886. The monoisotopic (exact) mass is 388 g/mol. The zero-order chi connectivity index (χ0) is 20.3. The fourth-order valence-corrected chi connectivity index (χ4v) is 3.01. The fourth-order valence-electron chi connectivity index (χ4n) is 3.01. The SMILES string of the molecule is COCc1c(C2=CCN(C(=O)OC(C)(C)C)CC2)nnn1-c1ccccc1F. The molecule has 1 aromatic carbocycles. The van der Waals surface area contributed by atoms with E-state index in [1.807, 2.05) is 26.8 Å². The Morgan fingerprint density at radius 2 is 2.04 bits per heavy atom. The number of aromatic nitrogens is 3.